The van der Waals surface area contributed by atoms with Crippen LogP contribution in [0.1, 0.15) is 27.2 Å². The van der Waals surface area contributed by atoms with Gasteiger partial charge in [-0.15, -0.1) is 0 Å². The highest BCUT2D eigenvalue weighted by Gasteiger charge is 2.32. The number of rotatable bonds is 1. The Bertz CT molecular complexity index is 156. The molecule has 0 saturated heterocycles. The van der Waals surface area contributed by atoms with Crippen molar-refractivity contribution >= 4 is 0 Å². The molecule has 58 valence electrons. The van der Waals surface area contributed by atoms with Crippen LogP contribution in [0.3, 0.4) is 0 Å². The maximum atomic E-state index is 8.97. The van der Waals surface area contributed by atoms with E-state index in [-0.39, 0.29) is 0 Å². The number of aliphatic hydroxyl groups excluding tert-OH is 1. The lowest BCUT2D eigenvalue weighted by Gasteiger charge is -2.24. The van der Waals surface area contributed by atoms with Crippen LogP contribution < -0.4 is 0 Å². The first kappa shape index (κ1) is 7.80. The van der Waals surface area contributed by atoms with E-state index in [0.717, 1.165) is 6.42 Å². The van der Waals surface area contributed by atoms with Crippen molar-refractivity contribution in [1.29, 1.82) is 0 Å². The molecule has 0 fully saturated rings. The molecule has 0 bridgehead atoms. The lowest BCUT2D eigenvalue weighted by Crippen LogP contribution is -2.20. The van der Waals surface area contributed by atoms with Gasteiger partial charge in [0.25, 0.3) is 0 Å². The Labute approximate surface area is 62.8 Å². The minimum absolute atomic E-state index is 0.291. The van der Waals surface area contributed by atoms with Crippen molar-refractivity contribution in [2.75, 3.05) is 6.61 Å². The van der Waals surface area contributed by atoms with Crippen LogP contribution >= 0.6 is 0 Å². The maximum Gasteiger partial charge on any atom is 0.0499 e. The second-order valence-electron chi connectivity index (χ2n) is 3.97. The Hall–Kier alpha value is -0.300. The van der Waals surface area contributed by atoms with E-state index >= 15 is 0 Å². The SMILES string of the molecule is CC1=C[C@H](CO)C(C)(C)C1. The van der Waals surface area contributed by atoms with Gasteiger partial charge in [0.15, 0.2) is 0 Å². The van der Waals surface area contributed by atoms with Crippen molar-refractivity contribution in [1.82, 2.24) is 0 Å². The monoisotopic (exact) mass is 140 g/mol. The Balaban J connectivity index is 2.70. The summed E-state index contributed by atoms with van der Waals surface area (Å²) in [4.78, 5) is 0. The van der Waals surface area contributed by atoms with E-state index < -0.39 is 0 Å². The molecule has 0 aromatic carbocycles. The van der Waals surface area contributed by atoms with Gasteiger partial charge >= 0.3 is 0 Å². The highest BCUT2D eigenvalue weighted by atomic mass is 16.3. The Morgan fingerprint density at radius 2 is 2.30 bits per heavy atom. The molecule has 0 spiro atoms. The van der Waals surface area contributed by atoms with Gasteiger partial charge in [-0.2, -0.15) is 0 Å². The van der Waals surface area contributed by atoms with Gasteiger partial charge in [-0.3, -0.25) is 0 Å². The number of aliphatic hydroxyl groups is 1. The molecule has 1 heteroatoms. The quantitative estimate of drug-likeness (QED) is 0.552. The topological polar surface area (TPSA) is 20.2 Å². The molecule has 0 heterocycles. The van der Waals surface area contributed by atoms with E-state index in [1.165, 1.54) is 5.57 Å². The summed E-state index contributed by atoms with van der Waals surface area (Å²) in [5, 5.41) is 8.97. The zero-order valence-corrected chi connectivity index (χ0v) is 7.02. The average Bonchev–Trinajstić information content (AvgIpc) is 2.04. The van der Waals surface area contributed by atoms with Crippen LogP contribution in [0.2, 0.25) is 0 Å². The highest BCUT2D eigenvalue weighted by molar-refractivity contribution is 5.14. The summed E-state index contributed by atoms with van der Waals surface area (Å²) in [6.07, 6.45) is 3.33. The second kappa shape index (κ2) is 2.39. The molecular formula is C9H16O. The predicted octanol–water partition coefficient (Wildman–Crippen LogP) is 1.97. The summed E-state index contributed by atoms with van der Waals surface area (Å²) in [6.45, 7) is 6.85. The smallest absolute Gasteiger partial charge is 0.0499 e. The third kappa shape index (κ3) is 1.24. The molecule has 0 unspecified atom stereocenters. The van der Waals surface area contributed by atoms with Crippen LogP contribution in [0, 0.1) is 11.3 Å². The molecule has 10 heavy (non-hydrogen) atoms. The van der Waals surface area contributed by atoms with Crippen LogP contribution in [-0.2, 0) is 0 Å². The average molecular weight is 140 g/mol. The van der Waals surface area contributed by atoms with Crippen LogP contribution in [-0.4, -0.2) is 11.7 Å². The number of allylic oxidation sites excluding steroid dienone is 1. The minimum atomic E-state index is 0.291. The highest BCUT2D eigenvalue weighted by Crippen LogP contribution is 2.40. The zero-order valence-electron chi connectivity index (χ0n) is 7.02. The van der Waals surface area contributed by atoms with Gasteiger partial charge in [-0.1, -0.05) is 25.5 Å². The summed E-state index contributed by atoms with van der Waals surface area (Å²) < 4.78 is 0. The van der Waals surface area contributed by atoms with Crippen molar-refractivity contribution in [3.63, 3.8) is 0 Å². The zero-order chi connectivity index (χ0) is 7.78. The summed E-state index contributed by atoms with van der Waals surface area (Å²) in [5.41, 5.74) is 1.71. The first-order valence-corrected chi connectivity index (χ1v) is 3.84. The van der Waals surface area contributed by atoms with Gasteiger partial charge in [0.1, 0.15) is 0 Å². The second-order valence-corrected chi connectivity index (χ2v) is 3.97. The van der Waals surface area contributed by atoms with Crippen molar-refractivity contribution in [3.8, 4) is 0 Å². The fraction of sp³-hybridized carbons (Fsp3) is 0.778. The van der Waals surface area contributed by atoms with E-state index in [2.05, 4.69) is 26.8 Å². The van der Waals surface area contributed by atoms with Gasteiger partial charge in [-0.05, 0) is 18.8 Å². The Kier molecular flexibility index (Phi) is 1.86. The summed E-state index contributed by atoms with van der Waals surface area (Å²) in [5.74, 6) is 0.382. The maximum absolute atomic E-state index is 8.97. The van der Waals surface area contributed by atoms with Crippen LogP contribution in [0.4, 0.5) is 0 Å². The Morgan fingerprint density at radius 1 is 1.70 bits per heavy atom. The standard InChI is InChI=1S/C9H16O/c1-7-4-8(6-10)9(2,3)5-7/h4,8,10H,5-6H2,1-3H3/t8-/m1/s1. The predicted molar refractivity (Wildman–Crippen MR) is 42.7 cm³/mol. The molecule has 0 amide bonds. The van der Waals surface area contributed by atoms with Crippen LogP contribution in [0.5, 0.6) is 0 Å². The van der Waals surface area contributed by atoms with Crippen molar-refractivity contribution < 1.29 is 5.11 Å². The summed E-state index contributed by atoms with van der Waals surface area (Å²) in [7, 11) is 0. The molecule has 1 aliphatic carbocycles. The first-order chi connectivity index (χ1) is 4.56. The molecule has 0 saturated carbocycles. The number of hydrogen-bond donors (Lipinski definition) is 1. The molecule has 0 aromatic rings. The van der Waals surface area contributed by atoms with Gasteiger partial charge in [-0.25, -0.2) is 0 Å². The normalized spacial score (nSPS) is 30.4. The van der Waals surface area contributed by atoms with Crippen LogP contribution in [0.25, 0.3) is 0 Å². The molecule has 0 radical (unpaired) electrons. The van der Waals surface area contributed by atoms with Crippen molar-refractivity contribution in [3.05, 3.63) is 11.6 Å². The molecular weight excluding hydrogens is 124 g/mol. The van der Waals surface area contributed by atoms with Crippen molar-refractivity contribution in [2.24, 2.45) is 11.3 Å². The Morgan fingerprint density at radius 3 is 2.50 bits per heavy atom. The lowest BCUT2D eigenvalue weighted by molar-refractivity contribution is 0.166. The van der Waals surface area contributed by atoms with E-state index in [1.54, 1.807) is 0 Å². The molecule has 1 aliphatic rings. The first-order valence-electron chi connectivity index (χ1n) is 3.84. The van der Waals surface area contributed by atoms with Crippen molar-refractivity contribution in [2.45, 2.75) is 27.2 Å². The fourth-order valence-electron chi connectivity index (χ4n) is 1.78. The molecule has 1 nitrogen and oxygen atoms in total. The molecule has 0 aliphatic heterocycles. The molecule has 1 atom stereocenters. The third-order valence-corrected chi connectivity index (χ3v) is 2.42. The fourth-order valence-corrected chi connectivity index (χ4v) is 1.78. The van der Waals surface area contributed by atoms with E-state index in [0.29, 0.717) is 17.9 Å². The summed E-state index contributed by atoms with van der Waals surface area (Å²) in [6, 6.07) is 0. The largest absolute Gasteiger partial charge is 0.396 e. The molecule has 0 aromatic heterocycles. The van der Waals surface area contributed by atoms with E-state index in [9.17, 15) is 0 Å². The molecule has 1 N–H and O–H groups in total. The summed E-state index contributed by atoms with van der Waals surface area (Å²) >= 11 is 0. The van der Waals surface area contributed by atoms with Gasteiger partial charge < -0.3 is 5.11 Å². The number of hydrogen-bond acceptors (Lipinski definition) is 1. The van der Waals surface area contributed by atoms with Gasteiger partial charge in [0.05, 0.1) is 0 Å². The van der Waals surface area contributed by atoms with E-state index in [1.807, 2.05) is 0 Å². The van der Waals surface area contributed by atoms with Gasteiger partial charge in [0.2, 0.25) is 0 Å². The minimum Gasteiger partial charge on any atom is -0.396 e. The molecule has 1 rings (SSSR count). The third-order valence-electron chi connectivity index (χ3n) is 2.42. The van der Waals surface area contributed by atoms with Gasteiger partial charge in [0, 0.05) is 12.5 Å². The van der Waals surface area contributed by atoms with Crippen LogP contribution in [0.15, 0.2) is 11.6 Å². The lowest BCUT2D eigenvalue weighted by atomic mass is 9.81. The van der Waals surface area contributed by atoms with E-state index in [4.69, 9.17) is 5.11 Å².